The quantitative estimate of drug-likeness (QED) is 0.506. The van der Waals surface area contributed by atoms with E-state index in [1.54, 1.807) is 18.2 Å². The number of thiocarbonyl (C=S) groups is 1. The molecule has 18 heavy (non-hydrogen) atoms. The standard InChI is InChI=1S/C13H11NO2S2/c1-2-4-8-5-3-6-9(11(8)15)7-10-12(16)14-13(17)18-10/h2-3,5-7,15H,1,4H2,(H,14,16,17). The minimum atomic E-state index is -0.224. The van der Waals surface area contributed by atoms with Crippen molar-refractivity contribution < 1.29 is 9.90 Å². The Morgan fingerprint density at radius 3 is 2.89 bits per heavy atom. The predicted octanol–water partition coefficient (Wildman–Crippen LogP) is 2.61. The number of carbonyl (C=O) groups excluding carboxylic acids is 1. The van der Waals surface area contributed by atoms with E-state index in [9.17, 15) is 9.90 Å². The van der Waals surface area contributed by atoms with Crippen molar-refractivity contribution in [3.05, 3.63) is 46.9 Å². The maximum Gasteiger partial charge on any atom is 0.263 e. The largest absolute Gasteiger partial charge is 0.507 e. The van der Waals surface area contributed by atoms with E-state index in [0.29, 0.717) is 21.2 Å². The van der Waals surface area contributed by atoms with Gasteiger partial charge in [-0.1, -0.05) is 48.3 Å². The number of phenolic OH excluding ortho intramolecular Hbond substituents is 1. The first-order chi connectivity index (χ1) is 8.61. The lowest BCUT2D eigenvalue weighted by Gasteiger charge is -2.05. The summed E-state index contributed by atoms with van der Waals surface area (Å²) in [4.78, 5) is 12.0. The minimum absolute atomic E-state index is 0.177. The van der Waals surface area contributed by atoms with E-state index in [1.165, 1.54) is 11.8 Å². The third-order valence-corrected chi connectivity index (χ3v) is 3.61. The van der Waals surface area contributed by atoms with Crippen LogP contribution in [0.2, 0.25) is 0 Å². The van der Waals surface area contributed by atoms with Crippen molar-refractivity contribution in [1.29, 1.82) is 0 Å². The Kier molecular flexibility index (Phi) is 3.84. The molecule has 92 valence electrons. The zero-order valence-corrected chi connectivity index (χ0v) is 11.1. The average Bonchev–Trinajstić information content (AvgIpc) is 2.63. The van der Waals surface area contributed by atoms with E-state index in [2.05, 4.69) is 11.9 Å². The van der Waals surface area contributed by atoms with Crippen LogP contribution in [0, 0.1) is 0 Å². The molecule has 0 radical (unpaired) electrons. The molecule has 1 aromatic rings. The van der Waals surface area contributed by atoms with Gasteiger partial charge in [0.1, 0.15) is 10.1 Å². The maximum atomic E-state index is 11.5. The van der Waals surface area contributed by atoms with E-state index in [0.717, 1.165) is 5.56 Å². The van der Waals surface area contributed by atoms with Gasteiger partial charge in [0.2, 0.25) is 0 Å². The highest BCUT2D eigenvalue weighted by atomic mass is 32.2. The summed E-state index contributed by atoms with van der Waals surface area (Å²) < 4.78 is 0.438. The molecule has 1 amide bonds. The van der Waals surface area contributed by atoms with Gasteiger partial charge < -0.3 is 10.4 Å². The number of carbonyl (C=O) groups is 1. The number of thioether (sulfide) groups is 1. The molecule has 2 N–H and O–H groups in total. The van der Waals surface area contributed by atoms with Crippen molar-refractivity contribution in [1.82, 2.24) is 5.32 Å². The van der Waals surface area contributed by atoms with E-state index in [-0.39, 0.29) is 11.7 Å². The molecule has 0 unspecified atom stereocenters. The Morgan fingerprint density at radius 2 is 2.28 bits per heavy atom. The van der Waals surface area contributed by atoms with Crippen molar-refractivity contribution in [2.24, 2.45) is 0 Å². The third kappa shape index (κ3) is 2.63. The zero-order valence-electron chi connectivity index (χ0n) is 9.47. The van der Waals surface area contributed by atoms with Crippen LogP contribution in [0.3, 0.4) is 0 Å². The molecule has 1 heterocycles. The number of amides is 1. The van der Waals surface area contributed by atoms with Crippen LogP contribution in [0.5, 0.6) is 5.75 Å². The molecule has 0 bridgehead atoms. The summed E-state index contributed by atoms with van der Waals surface area (Å²) in [6.07, 6.45) is 3.94. The molecule has 0 aliphatic carbocycles. The second kappa shape index (κ2) is 5.37. The first-order valence-electron chi connectivity index (χ1n) is 5.28. The first kappa shape index (κ1) is 12.9. The molecule has 5 heteroatoms. The Balaban J connectivity index is 2.37. The van der Waals surface area contributed by atoms with Crippen LogP contribution in [0.1, 0.15) is 11.1 Å². The molecular formula is C13H11NO2S2. The highest BCUT2D eigenvalue weighted by Crippen LogP contribution is 2.30. The zero-order chi connectivity index (χ0) is 13.1. The van der Waals surface area contributed by atoms with E-state index in [1.807, 2.05) is 12.1 Å². The molecule has 1 saturated heterocycles. The summed E-state index contributed by atoms with van der Waals surface area (Å²) in [6, 6.07) is 5.41. The van der Waals surface area contributed by atoms with E-state index in [4.69, 9.17) is 12.2 Å². The maximum absolute atomic E-state index is 11.5. The van der Waals surface area contributed by atoms with Gasteiger partial charge in [0.15, 0.2) is 0 Å². The highest BCUT2D eigenvalue weighted by Gasteiger charge is 2.22. The van der Waals surface area contributed by atoms with E-state index >= 15 is 0 Å². The Morgan fingerprint density at radius 1 is 1.50 bits per heavy atom. The average molecular weight is 277 g/mol. The summed E-state index contributed by atoms with van der Waals surface area (Å²) in [5.41, 5.74) is 1.39. The number of hydrogen-bond acceptors (Lipinski definition) is 4. The molecule has 0 spiro atoms. The fraction of sp³-hybridized carbons (Fsp3) is 0.0769. The normalized spacial score (nSPS) is 17.0. The lowest BCUT2D eigenvalue weighted by atomic mass is 10.1. The van der Waals surface area contributed by atoms with Gasteiger partial charge in [-0.15, -0.1) is 6.58 Å². The molecule has 0 atom stereocenters. The van der Waals surface area contributed by atoms with Crippen molar-refractivity contribution in [3.8, 4) is 5.75 Å². The summed E-state index contributed by atoms with van der Waals surface area (Å²) in [7, 11) is 0. The molecular weight excluding hydrogens is 266 g/mol. The molecule has 3 nitrogen and oxygen atoms in total. The number of allylic oxidation sites excluding steroid dienone is 1. The number of rotatable bonds is 3. The highest BCUT2D eigenvalue weighted by molar-refractivity contribution is 8.26. The van der Waals surface area contributed by atoms with Gasteiger partial charge in [0.25, 0.3) is 5.91 Å². The van der Waals surface area contributed by atoms with Gasteiger partial charge in [0.05, 0.1) is 4.91 Å². The molecule has 1 aromatic carbocycles. The fourth-order valence-electron chi connectivity index (χ4n) is 1.61. The van der Waals surface area contributed by atoms with Gasteiger partial charge in [0, 0.05) is 5.56 Å². The van der Waals surface area contributed by atoms with E-state index < -0.39 is 0 Å². The van der Waals surface area contributed by atoms with Gasteiger partial charge in [-0.2, -0.15) is 0 Å². The molecule has 1 aliphatic rings. The third-order valence-electron chi connectivity index (χ3n) is 2.44. The summed E-state index contributed by atoms with van der Waals surface area (Å²) >= 11 is 6.10. The SMILES string of the molecule is C=CCc1cccc(C=C2SC(=S)NC2=O)c1O. The van der Waals surface area contributed by atoms with Crippen LogP contribution in [0.15, 0.2) is 35.8 Å². The Bertz CT molecular complexity index is 564. The van der Waals surface area contributed by atoms with Crippen LogP contribution in [-0.2, 0) is 11.2 Å². The second-order valence-electron chi connectivity index (χ2n) is 3.70. The number of nitrogens with one attached hydrogen (secondary N) is 1. The van der Waals surface area contributed by atoms with Crippen LogP contribution < -0.4 is 5.32 Å². The topological polar surface area (TPSA) is 49.3 Å². The molecule has 0 saturated carbocycles. The second-order valence-corrected chi connectivity index (χ2v) is 5.42. The fourth-order valence-corrected chi connectivity index (χ4v) is 2.65. The van der Waals surface area contributed by atoms with Crippen molar-refractivity contribution in [3.63, 3.8) is 0 Å². The Labute approximate surface area is 115 Å². The predicted molar refractivity (Wildman–Crippen MR) is 78.3 cm³/mol. The molecule has 1 aliphatic heterocycles. The lowest BCUT2D eigenvalue weighted by Crippen LogP contribution is -2.17. The summed E-state index contributed by atoms with van der Waals surface area (Å²) in [6.45, 7) is 3.64. The van der Waals surface area contributed by atoms with Gasteiger partial charge in [-0.3, -0.25) is 4.79 Å². The van der Waals surface area contributed by atoms with Gasteiger partial charge >= 0.3 is 0 Å². The lowest BCUT2D eigenvalue weighted by molar-refractivity contribution is -0.115. The Hall–Kier alpha value is -1.59. The number of para-hydroxylation sites is 1. The van der Waals surface area contributed by atoms with Crippen molar-refractivity contribution in [2.75, 3.05) is 0 Å². The monoisotopic (exact) mass is 277 g/mol. The smallest absolute Gasteiger partial charge is 0.263 e. The van der Waals surface area contributed by atoms with Crippen molar-refractivity contribution in [2.45, 2.75) is 6.42 Å². The molecule has 1 fully saturated rings. The number of aromatic hydroxyl groups is 1. The summed E-state index contributed by atoms with van der Waals surface area (Å²) in [5, 5.41) is 12.6. The number of benzene rings is 1. The van der Waals surface area contributed by atoms with Crippen LogP contribution in [0.4, 0.5) is 0 Å². The van der Waals surface area contributed by atoms with Gasteiger partial charge in [-0.25, -0.2) is 0 Å². The molecule has 0 aromatic heterocycles. The van der Waals surface area contributed by atoms with Crippen LogP contribution in [0.25, 0.3) is 6.08 Å². The summed E-state index contributed by atoms with van der Waals surface area (Å²) in [5.74, 6) is -0.0466. The van der Waals surface area contributed by atoms with Crippen LogP contribution in [-0.4, -0.2) is 15.3 Å². The van der Waals surface area contributed by atoms with Gasteiger partial charge in [-0.05, 0) is 18.1 Å². The first-order valence-corrected chi connectivity index (χ1v) is 6.51. The number of phenols is 1. The molecule has 2 rings (SSSR count). The minimum Gasteiger partial charge on any atom is -0.507 e. The number of hydrogen-bond donors (Lipinski definition) is 2. The van der Waals surface area contributed by atoms with Crippen LogP contribution >= 0.6 is 24.0 Å². The van der Waals surface area contributed by atoms with Crippen molar-refractivity contribution >= 4 is 40.3 Å².